The molecule has 0 atom stereocenters. The molecule has 1 aliphatic rings. The molecule has 1 aromatic heterocycles. The van der Waals surface area contributed by atoms with Crippen LogP contribution in [0.1, 0.15) is 28.2 Å². The first-order valence-electron chi connectivity index (χ1n) is 8.87. The predicted molar refractivity (Wildman–Crippen MR) is 106 cm³/mol. The highest BCUT2D eigenvalue weighted by molar-refractivity contribution is 7.07. The number of carbonyl (C=O) groups is 3. The molecule has 1 aromatic carbocycles. The summed E-state index contributed by atoms with van der Waals surface area (Å²) < 4.78 is 3.80. The Morgan fingerprint density at radius 1 is 1.21 bits per heavy atom. The average Bonchev–Trinajstić information content (AvgIpc) is 3.13. The van der Waals surface area contributed by atoms with E-state index in [0.717, 1.165) is 24.4 Å². The van der Waals surface area contributed by atoms with Crippen LogP contribution >= 0.6 is 23.1 Å². The first-order valence-corrected chi connectivity index (χ1v) is 10.0. The van der Waals surface area contributed by atoms with Gasteiger partial charge < -0.3 is 15.5 Å². The largest absolute Gasteiger partial charge is 0.348 e. The molecule has 0 bridgehead atoms. The number of piperidine rings is 1. The summed E-state index contributed by atoms with van der Waals surface area (Å²) in [5.41, 5.74) is 1.04. The second-order valence-corrected chi connectivity index (χ2v) is 7.73. The maximum atomic E-state index is 12.5. The van der Waals surface area contributed by atoms with Crippen LogP contribution in [0, 0.1) is 12.8 Å². The van der Waals surface area contributed by atoms with Crippen LogP contribution in [-0.2, 0) is 9.59 Å². The van der Waals surface area contributed by atoms with Gasteiger partial charge in [0, 0.05) is 19.6 Å². The van der Waals surface area contributed by atoms with Crippen molar-refractivity contribution in [1.29, 1.82) is 0 Å². The first-order chi connectivity index (χ1) is 13.5. The molecule has 8 nitrogen and oxygen atoms in total. The number of hydrogen-bond donors (Lipinski definition) is 2. The third-order valence-electron chi connectivity index (χ3n) is 4.63. The molecule has 1 saturated heterocycles. The predicted octanol–water partition coefficient (Wildman–Crippen LogP) is 2.11. The molecule has 3 rings (SSSR count). The Labute approximate surface area is 171 Å². The van der Waals surface area contributed by atoms with Gasteiger partial charge in [-0.2, -0.15) is 0 Å². The van der Waals surface area contributed by atoms with Gasteiger partial charge in [-0.15, -0.1) is 5.10 Å². The van der Waals surface area contributed by atoms with Crippen molar-refractivity contribution in [3.05, 3.63) is 39.9 Å². The SMILES string of the molecule is Cc1nnsc1C(=O)N1CCC(CNC(=O)C(=O)Nc2ccccc2Cl)CC1. The molecule has 0 spiro atoms. The summed E-state index contributed by atoms with van der Waals surface area (Å²) in [5, 5.41) is 9.39. The fourth-order valence-corrected chi connectivity index (χ4v) is 3.78. The number of aromatic nitrogens is 2. The Morgan fingerprint density at radius 3 is 2.57 bits per heavy atom. The lowest BCUT2D eigenvalue weighted by atomic mass is 9.96. The van der Waals surface area contributed by atoms with Crippen molar-refractivity contribution in [2.75, 3.05) is 25.0 Å². The van der Waals surface area contributed by atoms with Crippen LogP contribution < -0.4 is 10.6 Å². The number of hydrogen-bond acceptors (Lipinski definition) is 6. The van der Waals surface area contributed by atoms with Gasteiger partial charge in [0.1, 0.15) is 4.88 Å². The maximum absolute atomic E-state index is 12.5. The summed E-state index contributed by atoms with van der Waals surface area (Å²) in [4.78, 5) is 38.8. The lowest BCUT2D eigenvalue weighted by molar-refractivity contribution is -0.136. The second kappa shape index (κ2) is 9.11. The number of para-hydroxylation sites is 1. The fourth-order valence-electron chi connectivity index (χ4n) is 2.97. The molecule has 28 heavy (non-hydrogen) atoms. The molecule has 1 fully saturated rings. The molecule has 2 heterocycles. The topological polar surface area (TPSA) is 104 Å². The van der Waals surface area contributed by atoms with Crippen molar-refractivity contribution < 1.29 is 14.4 Å². The van der Waals surface area contributed by atoms with Crippen molar-refractivity contribution in [3.8, 4) is 0 Å². The Bertz CT molecular complexity index is 880. The monoisotopic (exact) mass is 421 g/mol. The number of halogens is 1. The molecule has 2 aromatic rings. The number of aryl methyl sites for hydroxylation is 1. The van der Waals surface area contributed by atoms with Gasteiger partial charge >= 0.3 is 11.8 Å². The third-order valence-corrected chi connectivity index (χ3v) is 5.77. The van der Waals surface area contributed by atoms with Crippen LogP contribution in [0.3, 0.4) is 0 Å². The minimum Gasteiger partial charge on any atom is -0.348 e. The van der Waals surface area contributed by atoms with Gasteiger partial charge in [-0.1, -0.05) is 28.2 Å². The smallest absolute Gasteiger partial charge is 0.313 e. The van der Waals surface area contributed by atoms with E-state index in [4.69, 9.17) is 11.6 Å². The standard InChI is InChI=1S/C18H20ClN5O3S/c1-11-15(28-23-22-11)18(27)24-8-6-12(7-9-24)10-20-16(25)17(26)21-14-5-3-2-4-13(14)19/h2-5,12H,6-10H2,1H3,(H,20,25)(H,21,26). The molecule has 3 amide bonds. The first kappa shape index (κ1) is 20.2. The highest BCUT2D eigenvalue weighted by Gasteiger charge is 2.26. The number of benzene rings is 1. The molecule has 0 aliphatic carbocycles. The zero-order valence-electron chi connectivity index (χ0n) is 15.3. The third kappa shape index (κ3) is 4.85. The average molecular weight is 422 g/mol. The van der Waals surface area contributed by atoms with E-state index in [1.807, 2.05) is 0 Å². The normalized spacial score (nSPS) is 14.6. The summed E-state index contributed by atoms with van der Waals surface area (Å²) in [6, 6.07) is 6.72. The fraction of sp³-hybridized carbons (Fsp3) is 0.389. The number of rotatable bonds is 4. The molecule has 2 N–H and O–H groups in total. The highest BCUT2D eigenvalue weighted by atomic mass is 35.5. The summed E-state index contributed by atoms with van der Waals surface area (Å²) in [6.45, 7) is 3.36. The summed E-state index contributed by atoms with van der Waals surface area (Å²) in [5.74, 6) is -1.30. The lowest BCUT2D eigenvalue weighted by Gasteiger charge is -2.31. The van der Waals surface area contributed by atoms with Gasteiger partial charge in [0.05, 0.1) is 16.4 Å². The van der Waals surface area contributed by atoms with Gasteiger partial charge in [0.15, 0.2) is 0 Å². The van der Waals surface area contributed by atoms with Crippen LogP contribution in [0.2, 0.25) is 5.02 Å². The van der Waals surface area contributed by atoms with E-state index in [-0.39, 0.29) is 11.8 Å². The molecular weight excluding hydrogens is 402 g/mol. The number of anilines is 1. The van der Waals surface area contributed by atoms with E-state index in [1.165, 1.54) is 0 Å². The van der Waals surface area contributed by atoms with E-state index in [0.29, 0.717) is 40.9 Å². The van der Waals surface area contributed by atoms with Gasteiger partial charge in [0.2, 0.25) is 0 Å². The van der Waals surface area contributed by atoms with Crippen LogP contribution in [-0.4, -0.2) is 51.8 Å². The molecule has 0 saturated carbocycles. The Morgan fingerprint density at radius 2 is 1.93 bits per heavy atom. The molecular formula is C18H20ClN5O3S. The molecule has 10 heteroatoms. The highest BCUT2D eigenvalue weighted by Crippen LogP contribution is 2.21. The zero-order chi connectivity index (χ0) is 20.1. The van der Waals surface area contributed by atoms with E-state index < -0.39 is 11.8 Å². The number of amides is 3. The number of likely N-dealkylation sites (tertiary alicyclic amines) is 1. The molecule has 148 valence electrons. The number of nitrogens with one attached hydrogen (secondary N) is 2. The van der Waals surface area contributed by atoms with E-state index in [9.17, 15) is 14.4 Å². The van der Waals surface area contributed by atoms with Gasteiger partial charge in [-0.3, -0.25) is 14.4 Å². The lowest BCUT2D eigenvalue weighted by Crippen LogP contribution is -2.43. The summed E-state index contributed by atoms with van der Waals surface area (Å²) in [6.07, 6.45) is 1.51. The van der Waals surface area contributed by atoms with Crippen LogP contribution in [0.4, 0.5) is 5.69 Å². The van der Waals surface area contributed by atoms with E-state index in [2.05, 4.69) is 20.2 Å². The van der Waals surface area contributed by atoms with Crippen molar-refractivity contribution >= 4 is 46.5 Å². The van der Waals surface area contributed by atoms with E-state index >= 15 is 0 Å². The zero-order valence-corrected chi connectivity index (χ0v) is 16.8. The molecule has 0 unspecified atom stereocenters. The molecule has 0 radical (unpaired) electrons. The molecule has 1 aliphatic heterocycles. The minimum absolute atomic E-state index is 0.0471. The van der Waals surface area contributed by atoms with Crippen LogP contribution in [0.15, 0.2) is 24.3 Å². The van der Waals surface area contributed by atoms with Crippen molar-refractivity contribution in [2.45, 2.75) is 19.8 Å². The number of carbonyl (C=O) groups excluding carboxylic acids is 3. The van der Waals surface area contributed by atoms with Gasteiger partial charge in [-0.25, -0.2) is 0 Å². The van der Waals surface area contributed by atoms with Crippen molar-refractivity contribution in [2.24, 2.45) is 5.92 Å². The second-order valence-electron chi connectivity index (χ2n) is 6.57. The summed E-state index contributed by atoms with van der Waals surface area (Å²) in [7, 11) is 0. The van der Waals surface area contributed by atoms with Crippen LogP contribution in [0.25, 0.3) is 0 Å². The minimum atomic E-state index is -0.756. The van der Waals surface area contributed by atoms with Crippen molar-refractivity contribution in [3.63, 3.8) is 0 Å². The van der Waals surface area contributed by atoms with Crippen molar-refractivity contribution in [1.82, 2.24) is 19.8 Å². The number of nitrogens with zero attached hydrogens (tertiary/aromatic N) is 3. The van der Waals surface area contributed by atoms with E-state index in [1.54, 1.807) is 36.1 Å². The van der Waals surface area contributed by atoms with Gasteiger partial charge in [-0.05, 0) is 49.3 Å². The summed E-state index contributed by atoms with van der Waals surface area (Å²) >= 11 is 7.08. The quantitative estimate of drug-likeness (QED) is 0.735. The maximum Gasteiger partial charge on any atom is 0.313 e. The van der Waals surface area contributed by atoms with Gasteiger partial charge in [0.25, 0.3) is 5.91 Å². The Kier molecular flexibility index (Phi) is 6.58. The Hall–Kier alpha value is -2.52. The van der Waals surface area contributed by atoms with Crippen LogP contribution in [0.5, 0.6) is 0 Å². The Balaban J connectivity index is 1.43.